The zero-order valence-corrected chi connectivity index (χ0v) is 15.5. The van der Waals surface area contributed by atoms with Crippen LogP contribution < -0.4 is 11.1 Å². The Morgan fingerprint density at radius 3 is 2.79 bits per heavy atom. The molecule has 11 heteroatoms. The minimum atomic E-state index is -1.21. The van der Waals surface area contributed by atoms with Crippen LogP contribution in [0.4, 0.5) is 0 Å². The molecular weight excluding hydrogens is 398 g/mol. The Morgan fingerprint density at radius 2 is 2.03 bits per heavy atom. The van der Waals surface area contributed by atoms with Crippen molar-refractivity contribution in [2.24, 2.45) is 5.73 Å². The van der Waals surface area contributed by atoms with Crippen LogP contribution in [0.5, 0.6) is 0 Å². The number of rotatable bonds is 7. The van der Waals surface area contributed by atoms with Crippen LogP contribution in [0.15, 0.2) is 51.8 Å². The molecule has 3 N–H and O–H groups in total. The topological polar surface area (TPSA) is 154 Å². The zero-order chi connectivity index (χ0) is 20.4. The van der Waals surface area contributed by atoms with Crippen molar-refractivity contribution >= 4 is 40.5 Å². The lowest BCUT2D eigenvalue weighted by Gasteiger charge is -2.15. The van der Waals surface area contributed by atoms with E-state index >= 15 is 0 Å². The van der Waals surface area contributed by atoms with Gasteiger partial charge in [-0.15, -0.1) is 0 Å². The monoisotopic (exact) mass is 411 g/mol. The fraction of sp³-hybridized carbons (Fsp3) is 0.111. The van der Waals surface area contributed by atoms with Gasteiger partial charge in [0.15, 0.2) is 5.69 Å². The molecule has 4 rings (SSSR count). The fourth-order valence-electron chi connectivity index (χ4n) is 2.81. The molecule has 0 saturated heterocycles. The van der Waals surface area contributed by atoms with E-state index in [0.717, 1.165) is 11.7 Å². The molecule has 29 heavy (non-hydrogen) atoms. The summed E-state index contributed by atoms with van der Waals surface area (Å²) in [5.74, 6) is -2.51. The Labute approximate surface area is 167 Å². The Kier molecular flexibility index (Phi) is 4.87. The number of fused-ring (bicyclic) bond motifs is 1. The van der Waals surface area contributed by atoms with Crippen LogP contribution in [-0.4, -0.2) is 37.4 Å². The first-order valence-corrected chi connectivity index (χ1v) is 9.09. The lowest BCUT2D eigenvalue weighted by atomic mass is 10.0. The van der Waals surface area contributed by atoms with Crippen LogP contribution in [0.1, 0.15) is 16.1 Å². The molecule has 10 nitrogen and oxygen atoms in total. The predicted octanol–water partition coefficient (Wildman–Crippen LogP) is 1.33. The van der Waals surface area contributed by atoms with Gasteiger partial charge in [-0.1, -0.05) is 6.07 Å². The molecule has 0 spiro atoms. The lowest BCUT2D eigenvalue weighted by Crippen LogP contribution is -2.47. The summed E-state index contributed by atoms with van der Waals surface area (Å²) in [4.78, 5) is 40.8. The molecule has 146 valence electrons. The molecule has 0 aliphatic carbocycles. The second-order valence-corrected chi connectivity index (χ2v) is 6.55. The van der Waals surface area contributed by atoms with Crippen molar-refractivity contribution in [3.63, 3.8) is 0 Å². The number of aromatic nitrogens is 3. The van der Waals surface area contributed by atoms with Crippen molar-refractivity contribution < 1.29 is 23.2 Å². The van der Waals surface area contributed by atoms with Gasteiger partial charge >= 0.3 is 0 Å². The second kappa shape index (κ2) is 7.64. The van der Waals surface area contributed by atoms with E-state index in [2.05, 4.69) is 19.0 Å². The van der Waals surface area contributed by atoms with Crippen LogP contribution in [0.2, 0.25) is 0 Å². The number of furan rings is 2. The number of hydrogen-bond acceptors (Lipinski definition) is 9. The van der Waals surface area contributed by atoms with E-state index < -0.39 is 23.6 Å². The van der Waals surface area contributed by atoms with E-state index in [1.54, 1.807) is 30.5 Å². The maximum absolute atomic E-state index is 12.8. The third kappa shape index (κ3) is 3.62. The van der Waals surface area contributed by atoms with Gasteiger partial charge in [-0.3, -0.25) is 19.4 Å². The van der Waals surface area contributed by atoms with Gasteiger partial charge in [0.05, 0.1) is 35.3 Å². The lowest BCUT2D eigenvalue weighted by molar-refractivity contribution is -0.137. The number of nitrogens with two attached hydrogens (primary N) is 1. The van der Waals surface area contributed by atoms with Gasteiger partial charge in [0.1, 0.15) is 11.7 Å². The fourth-order valence-corrected chi connectivity index (χ4v) is 3.36. The van der Waals surface area contributed by atoms with Crippen LogP contribution in [0.3, 0.4) is 0 Å². The summed E-state index contributed by atoms with van der Waals surface area (Å²) in [5.41, 5.74) is 6.47. The number of pyridine rings is 1. The van der Waals surface area contributed by atoms with Crippen molar-refractivity contribution in [3.05, 3.63) is 54.2 Å². The van der Waals surface area contributed by atoms with Gasteiger partial charge in [-0.2, -0.15) is 8.75 Å². The molecule has 4 heterocycles. The molecule has 0 aliphatic rings. The Hall–Kier alpha value is -3.86. The number of ketones is 1. The summed E-state index contributed by atoms with van der Waals surface area (Å²) in [6.45, 7) is 0. The van der Waals surface area contributed by atoms with Gasteiger partial charge < -0.3 is 19.9 Å². The van der Waals surface area contributed by atoms with Crippen LogP contribution in [-0.2, 0) is 16.0 Å². The molecule has 0 aromatic carbocycles. The first-order chi connectivity index (χ1) is 14.0. The number of hydrogen-bond donors (Lipinski definition) is 2. The molecule has 2 amide bonds. The van der Waals surface area contributed by atoms with Crippen molar-refractivity contribution in [1.82, 2.24) is 19.0 Å². The number of amides is 2. The number of primary amides is 1. The highest BCUT2D eigenvalue weighted by Crippen LogP contribution is 2.24. The Balaban J connectivity index is 1.61. The standard InChI is InChI=1S/C18H13N5O5S/c19-16(25)15(24)12(7-9-8-28-18-10(9)4-6-27-18)21-17(26)14-13(22-29-23-14)11-3-1-2-5-20-11/h1-6,8,12H,7H2,(H2,19,25)(H,21,26). The van der Waals surface area contributed by atoms with Gasteiger partial charge in [-0.25, -0.2) is 0 Å². The van der Waals surface area contributed by atoms with Crippen molar-refractivity contribution in [2.45, 2.75) is 12.5 Å². The van der Waals surface area contributed by atoms with E-state index in [9.17, 15) is 14.4 Å². The molecule has 4 aromatic rings. The van der Waals surface area contributed by atoms with Crippen LogP contribution >= 0.6 is 11.7 Å². The van der Waals surface area contributed by atoms with Crippen LogP contribution in [0.25, 0.3) is 22.6 Å². The van der Waals surface area contributed by atoms with Crippen LogP contribution in [0, 0.1) is 0 Å². The van der Waals surface area contributed by atoms with E-state index in [1.807, 2.05) is 0 Å². The molecular formula is C18H13N5O5S. The number of nitrogens with zero attached hydrogens (tertiary/aromatic N) is 3. The quantitative estimate of drug-likeness (QED) is 0.432. The van der Waals surface area contributed by atoms with Crippen molar-refractivity contribution in [3.8, 4) is 11.4 Å². The SMILES string of the molecule is NC(=O)C(=O)C(Cc1coc2occc12)NC(=O)c1nsnc1-c1ccccn1. The van der Waals surface area contributed by atoms with Gasteiger partial charge in [0.2, 0.25) is 5.78 Å². The third-order valence-corrected chi connectivity index (χ3v) is 4.71. The molecule has 0 radical (unpaired) electrons. The predicted molar refractivity (Wildman–Crippen MR) is 101 cm³/mol. The summed E-state index contributed by atoms with van der Waals surface area (Å²) in [6, 6.07) is 5.60. The highest BCUT2D eigenvalue weighted by Gasteiger charge is 2.29. The van der Waals surface area contributed by atoms with E-state index in [4.69, 9.17) is 14.6 Å². The van der Waals surface area contributed by atoms with E-state index in [0.29, 0.717) is 16.6 Å². The van der Waals surface area contributed by atoms with E-state index in [1.165, 1.54) is 12.5 Å². The average Bonchev–Trinajstić information content (AvgIpc) is 3.45. The summed E-state index contributed by atoms with van der Waals surface area (Å²) in [7, 11) is 0. The van der Waals surface area contributed by atoms with Crippen molar-refractivity contribution in [1.29, 1.82) is 0 Å². The zero-order valence-electron chi connectivity index (χ0n) is 14.7. The Bertz CT molecular complexity index is 1200. The average molecular weight is 411 g/mol. The number of carbonyl (C=O) groups is 3. The van der Waals surface area contributed by atoms with Gasteiger partial charge in [-0.05, 0) is 18.2 Å². The summed E-state index contributed by atoms with van der Waals surface area (Å²) in [5, 5.41) is 3.15. The first kappa shape index (κ1) is 18.5. The molecule has 0 saturated carbocycles. The first-order valence-electron chi connectivity index (χ1n) is 8.36. The highest BCUT2D eigenvalue weighted by molar-refractivity contribution is 6.99. The number of nitrogens with one attached hydrogen (secondary N) is 1. The molecule has 1 unspecified atom stereocenters. The largest absolute Gasteiger partial charge is 0.433 e. The smallest absolute Gasteiger partial charge is 0.297 e. The minimum absolute atomic E-state index is 0.00313. The maximum Gasteiger partial charge on any atom is 0.297 e. The summed E-state index contributed by atoms with van der Waals surface area (Å²) >= 11 is 0.835. The third-order valence-electron chi connectivity index (χ3n) is 4.18. The van der Waals surface area contributed by atoms with Gasteiger partial charge in [0, 0.05) is 18.2 Å². The molecule has 0 fully saturated rings. The normalized spacial score (nSPS) is 12.0. The summed E-state index contributed by atoms with van der Waals surface area (Å²) in [6.07, 6.45) is 4.37. The molecule has 4 aromatic heterocycles. The molecule has 1 atom stereocenters. The van der Waals surface area contributed by atoms with E-state index in [-0.39, 0.29) is 23.6 Å². The number of carbonyl (C=O) groups excluding carboxylic acids is 3. The summed E-state index contributed by atoms with van der Waals surface area (Å²) < 4.78 is 18.5. The maximum atomic E-state index is 12.8. The Morgan fingerprint density at radius 1 is 1.17 bits per heavy atom. The molecule has 0 aliphatic heterocycles. The number of Topliss-reactive ketones (excluding diaryl/α,β-unsaturated/α-hetero) is 1. The van der Waals surface area contributed by atoms with Crippen molar-refractivity contribution in [2.75, 3.05) is 0 Å². The minimum Gasteiger partial charge on any atom is -0.433 e. The highest BCUT2D eigenvalue weighted by atomic mass is 32.1. The molecule has 0 bridgehead atoms. The van der Waals surface area contributed by atoms with Gasteiger partial charge in [0.25, 0.3) is 17.6 Å². The second-order valence-electron chi connectivity index (χ2n) is 6.02.